The van der Waals surface area contributed by atoms with Gasteiger partial charge in [0.1, 0.15) is 55.9 Å². The first kappa shape index (κ1) is 28.2. The summed E-state index contributed by atoms with van der Waals surface area (Å²) in [7, 11) is 1.36. The summed E-state index contributed by atoms with van der Waals surface area (Å²) in [6, 6.07) is 4.36. The van der Waals surface area contributed by atoms with Gasteiger partial charge in [0.2, 0.25) is 5.79 Å². The van der Waals surface area contributed by atoms with Crippen LogP contribution in [0, 0.1) is 0 Å². The number of esters is 1. The summed E-state index contributed by atoms with van der Waals surface area (Å²) in [5.74, 6) is -3.07. The Labute approximate surface area is 205 Å². The van der Waals surface area contributed by atoms with Gasteiger partial charge in [-0.15, -0.1) is 0 Å². The SMILES string of the molecule is COc1cc(/C=C/C(=O)OC[C@@H]2O[C@@H](O[C@@]3(CO)O[C@@H](CO)[C@@H](O)[C@H]3O)[C@@H](O)[C@@H](O)[C@H]2O)ccc1O. The quantitative estimate of drug-likeness (QED) is 0.118. The Morgan fingerprint density at radius 1 is 1.06 bits per heavy atom. The monoisotopic (exact) mass is 518 g/mol. The maximum atomic E-state index is 12.1. The van der Waals surface area contributed by atoms with Gasteiger partial charge in [0.05, 0.1) is 13.7 Å². The molecule has 1 aromatic rings. The van der Waals surface area contributed by atoms with Crippen LogP contribution in [0.5, 0.6) is 11.5 Å². The van der Waals surface area contributed by atoms with Crippen LogP contribution < -0.4 is 4.74 Å². The molecule has 2 aliphatic rings. The average Bonchev–Trinajstić information content (AvgIpc) is 3.12. The predicted octanol–water partition coefficient (Wildman–Crippen LogP) is -3.42. The number of hydrogen-bond acceptors (Lipinski definition) is 14. The van der Waals surface area contributed by atoms with Crippen LogP contribution in [0.1, 0.15) is 5.56 Å². The van der Waals surface area contributed by atoms with Crippen LogP contribution in [0.25, 0.3) is 6.08 Å². The van der Waals surface area contributed by atoms with E-state index in [0.717, 1.165) is 6.08 Å². The van der Waals surface area contributed by atoms with Gasteiger partial charge in [0.15, 0.2) is 17.8 Å². The van der Waals surface area contributed by atoms with Gasteiger partial charge in [0.25, 0.3) is 0 Å². The highest BCUT2D eigenvalue weighted by Crippen LogP contribution is 2.36. The zero-order valence-corrected chi connectivity index (χ0v) is 19.2. The topological polar surface area (TPSA) is 225 Å². The minimum absolute atomic E-state index is 0.0851. The van der Waals surface area contributed by atoms with Crippen LogP contribution in [0.3, 0.4) is 0 Å². The number of hydrogen-bond donors (Lipinski definition) is 8. The van der Waals surface area contributed by atoms with Crippen molar-refractivity contribution in [1.29, 1.82) is 0 Å². The standard InChI is InChI=1S/C22H30O14/c1-32-12-6-10(2-4-11(12)25)3-5-15(26)33-8-14-16(27)18(29)19(30)21(34-14)36-22(9-24)20(31)17(28)13(7-23)35-22/h2-6,13-14,16-21,23-25,27-31H,7-9H2,1H3/b5-3+/t13-,14-,16-,17+,18-,19-,20+,21-,22+/m0/s1. The second-order valence-electron chi connectivity index (χ2n) is 8.27. The number of methoxy groups -OCH3 is 1. The molecule has 0 radical (unpaired) electrons. The zero-order valence-electron chi connectivity index (χ0n) is 19.2. The van der Waals surface area contributed by atoms with Gasteiger partial charge in [-0.1, -0.05) is 6.07 Å². The number of phenols is 1. The van der Waals surface area contributed by atoms with Crippen LogP contribution in [0.15, 0.2) is 24.3 Å². The van der Waals surface area contributed by atoms with Crippen molar-refractivity contribution in [3.63, 3.8) is 0 Å². The Morgan fingerprint density at radius 3 is 2.39 bits per heavy atom. The molecule has 9 atom stereocenters. The number of ether oxygens (including phenoxy) is 5. The van der Waals surface area contributed by atoms with Gasteiger partial charge in [-0.25, -0.2) is 4.79 Å². The zero-order chi connectivity index (χ0) is 26.6. The minimum atomic E-state index is -2.32. The molecule has 0 spiro atoms. The molecule has 8 N–H and O–H groups in total. The molecule has 202 valence electrons. The molecule has 0 saturated carbocycles. The van der Waals surface area contributed by atoms with Crippen molar-refractivity contribution in [3.8, 4) is 11.5 Å². The highest BCUT2D eigenvalue weighted by atomic mass is 16.8. The van der Waals surface area contributed by atoms with Crippen LogP contribution in [0.4, 0.5) is 0 Å². The van der Waals surface area contributed by atoms with Crippen molar-refractivity contribution in [2.75, 3.05) is 26.9 Å². The van der Waals surface area contributed by atoms with Crippen LogP contribution in [0.2, 0.25) is 0 Å². The summed E-state index contributed by atoms with van der Waals surface area (Å²) in [5, 5.41) is 79.6. The molecule has 3 rings (SSSR count). The van der Waals surface area contributed by atoms with Gasteiger partial charge >= 0.3 is 5.97 Å². The largest absolute Gasteiger partial charge is 0.504 e. The first-order chi connectivity index (χ1) is 17.1. The number of phenolic OH excluding ortho intramolecular Hbond substituents is 1. The van der Waals surface area contributed by atoms with E-state index in [1.807, 2.05) is 0 Å². The summed E-state index contributed by atoms with van der Waals surface area (Å²) in [5.41, 5.74) is 0.510. The average molecular weight is 518 g/mol. The van der Waals surface area contributed by atoms with E-state index in [2.05, 4.69) is 0 Å². The lowest BCUT2D eigenvalue weighted by Crippen LogP contribution is -2.62. The van der Waals surface area contributed by atoms with E-state index < -0.39 is 80.6 Å². The Hall–Kier alpha value is -2.37. The van der Waals surface area contributed by atoms with Gasteiger partial charge in [-0.2, -0.15) is 0 Å². The molecule has 2 saturated heterocycles. The van der Waals surface area contributed by atoms with Gasteiger partial charge in [-0.3, -0.25) is 0 Å². The fourth-order valence-corrected chi connectivity index (χ4v) is 3.79. The lowest BCUT2D eigenvalue weighted by Gasteiger charge is -2.43. The Bertz CT molecular complexity index is 924. The Balaban J connectivity index is 1.64. The van der Waals surface area contributed by atoms with Crippen molar-refractivity contribution >= 4 is 12.0 Å². The molecule has 1 aromatic carbocycles. The number of carbonyl (C=O) groups excluding carboxylic acids is 1. The molecule has 36 heavy (non-hydrogen) atoms. The smallest absolute Gasteiger partial charge is 0.330 e. The first-order valence-corrected chi connectivity index (χ1v) is 10.9. The van der Waals surface area contributed by atoms with E-state index in [-0.39, 0.29) is 11.5 Å². The lowest BCUT2D eigenvalue weighted by atomic mass is 9.99. The van der Waals surface area contributed by atoms with E-state index in [1.54, 1.807) is 0 Å². The van der Waals surface area contributed by atoms with E-state index in [1.165, 1.54) is 31.4 Å². The second-order valence-corrected chi connectivity index (χ2v) is 8.27. The highest BCUT2D eigenvalue weighted by molar-refractivity contribution is 5.87. The fraction of sp³-hybridized carbons (Fsp3) is 0.591. The molecule has 0 bridgehead atoms. The number of rotatable bonds is 9. The summed E-state index contributed by atoms with van der Waals surface area (Å²) in [4.78, 5) is 12.1. The fourth-order valence-electron chi connectivity index (χ4n) is 3.79. The Kier molecular flexibility index (Phi) is 9.23. The summed E-state index contributed by atoms with van der Waals surface area (Å²) in [6.45, 7) is -2.34. The molecule has 0 unspecified atom stereocenters. The summed E-state index contributed by atoms with van der Waals surface area (Å²) < 4.78 is 26.0. The predicted molar refractivity (Wildman–Crippen MR) is 116 cm³/mol. The number of aliphatic hydroxyl groups excluding tert-OH is 7. The van der Waals surface area contributed by atoms with Crippen LogP contribution >= 0.6 is 0 Å². The molecule has 2 aliphatic heterocycles. The highest BCUT2D eigenvalue weighted by Gasteiger charge is 2.58. The Morgan fingerprint density at radius 2 is 1.78 bits per heavy atom. The van der Waals surface area contributed by atoms with E-state index in [0.29, 0.717) is 5.56 Å². The van der Waals surface area contributed by atoms with Crippen LogP contribution in [-0.4, -0.2) is 129 Å². The van der Waals surface area contributed by atoms with E-state index in [4.69, 9.17) is 23.7 Å². The maximum Gasteiger partial charge on any atom is 0.330 e. The van der Waals surface area contributed by atoms with Crippen molar-refractivity contribution in [2.24, 2.45) is 0 Å². The molecule has 2 fully saturated rings. The van der Waals surface area contributed by atoms with Gasteiger partial charge in [0, 0.05) is 6.08 Å². The molecule has 0 aromatic heterocycles. The molecular weight excluding hydrogens is 488 g/mol. The number of carbonyl (C=O) groups is 1. The van der Waals surface area contributed by atoms with Crippen molar-refractivity contribution in [3.05, 3.63) is 29.8 Å². The molecule has 14 heteroatoms. The number of benzene rings is 1. The number of aromatic hydroxyl groups is 1. The summed E-state index contributed by atoms with van der Waals surface area (Å²) in [6.07, 6.45) is -11.1. The van der Waals surface area contributed by atoms with Crippen LogP contribution in [-0.2, 0) is 23.7 Å². The molecule has 0 aliphatic carbocycles. The normalized spacial score (nSPS) is 36.8. The van der Waals surface area contributed by atoms with Crippen molar-refractivity contribution in [1.82, 2.24) is 0 Å². The third-order valence-corrected chi connectivity index (χ3v) is 5.90. The first-order valence-electron chi connectivity index (χ1n) is 10.9. The van der Waals surface area contributed by atoms with Crippen molar-refractivity contribution < 1.29 is 69.3 Å². The molecular formula is C22H30O14. The second kappa shape index (κ2) is 11.8. The third-order valence-electron chi connectivity index (χ3n) is 5.90. The minimum Gasteiger partial charge on any atom is -0.504 e. The van der Waals surface area contributed by atoms with E-state index in [9.17, 15) is 45.6 Å². The number of aliphatic hydroxyl groups is 7. The van der Waals surface area contributed by atoms with E-state index >= 15 is 0 Å². The van der Waals surface area contributed by atoms with Gasteiger partial charge < -0.3 is 64.5 Å². The lowest BCUT2D eigenvalue weighted by molar-refractivity contribution is -0.383. The molecule has 0 amide bonds. The molecule has 14 nitrogen and oxygen atoms in total. The van der Waals surface area contributed by atoms with Gasteiger partial charge in [-0.05, 0) is 23.8 Å². The maximum absolute atomic E-state index is 12.1. The third kappa shape index (κ3) is 5.78. The summed E-state index contributed by atoms with van der Waals surface area (Å²) >= 11 is 0. The van der Waals surface area contributed by atoms with Crippen molar-refractivity contribution in [2.45, 2.75) is 54.8 Å². The molecule has 2 heterocycles.